The maximum Gasteiger partial charge on any atom is 0.475 e. The second-order valence-electron chi connectivity index (χ2n) is 1.94. The normalized spacial score (nSPS) is 15.1. The molecule has 0 bridgehead atoms. The van der Waals surface area contributed by atoms with Gasteiger partial charge in [-0.3, -0.25) is 13.6 Å². The highest BCUT2D eigenvalue weighted by molar-refractivity contribution is 7.48. The molecule has 0 spiro atoms. The van der Waals surface area contributed by atoms with E-state index in [1.807, 2.05) is 6.92 Å². The SMILES string of the molecule is C#CCOP(=O)(OC)OCCC. The molecule has 70 valence electrons. The predicted octanol–water partition coefficient (Wildman–Crippen LogP) is 1.82. The minimum absolute atomic E-state index is 0.0746. The zero-order valence-electron chi connectivity index (χ0n) is 7.28. The quantitative estimate of drug-likeness (QED) is 0.475. The third-order valence-corrected chi connectivity index (χ3v) is 2.37. The van der Waals surface area contributed by atoms with Crippen LogP contribution in [0.2, 0.25) is 0 Å². The fraction of sp³-hybridized carbons (Fsp3) is 0.714. The molecule has 0 radical (unpaired) electrons. The van der Waals surface area contributed by atoms with Gasteiger partial charge in [0.1, 0.15) is 6.61 Å². The highest BCUT2D eigenvalue weighted by Crippen LogP contribution is 2.48. The van der Waals surface area contributed by atoms with E-state index in [1.165, 1.54) is 7.11 Å². The summed E-state index contributed by atoms with van der Waals surface area (Å²) in [5.41, 5.74) is 0. The molecule has 12 heavy (non-hydrogen) atoms. The highest BCUT2D eigenvalue weighted by atomic mass is 31.2. The van der Waals surface area contributed by atoms with E-state index in [1.54, 1.807) is 0 Å². The first kappa shape index (κ1) is 11.7. The van der Waals surface area contributed by atoms with Crippen LogP contribution in [0.3, 0.4) is 0 Å². The molecule has 0 rings (SSSR count). The van der Waals surface area contributed by atoms with Crippen molar-refractivity contribution in [3.8, 4) is 12.3 Å². The van der Waals surface area contributed by atoms with Gasteiger partial charge in [-0.25, -0.2) is 4.57 Å². The van der Waals surface area contributed by atoms with Crippen molar-refractivity contribution in [1.29, 1.82) is 0 Å². The summed E-state index contributed by atoms with van der Waals surface area (Å²) in [6.07, 6.45) is 5.65. The molecule has 0 N–H and O–H groups in total. The number of terminal acetylenes is 1. The fourth-order valence-electron chi connectivity index (χ4n) is 0.462. The van der Waals surface area contributed by atoms with E-state index >= 15 is 0 Å². The number of rotatable bonds is 6. The van der Waals surface area contributed by atoms with E-state index in [0.29, 0.717) is 6.61 Å². The monoisotopic (exact) mass is 192 g/mol. The Morgan fingerprint density at radius 3 is 2.58 bits per heavy atom. The van der Waals surface area contributed by atoms with Gasteiger partial charge in [0, 0.05) is 7.11 Å². The standard InChI is InChI=1S/C7H13O4P/c1-4-6-10-12(8,9-3)11-7-5-2/h1H,5-7H2,2-3H3. The number of hydrogen-bond acceptors (Lipinski definition) is 4. The van der Waals surface area contributed by atoms with Crippen molar-refractivity contribution < 1.29 is 18.1 Å². The summed E-state index contributed by atoms with van der Waals surface area (Å²) in [5, 5.41) is 0. The van der Waals surface area contributed by atoms with Crippen LogP contribution in [-0.2, 0) is 18.1 Å². The molecule has 0 aromatic carbocycles. The minimum Gasteiger partial charge on any atom is -0.290 e. The average molecular weight is 192 g/mol. The summed E-state index contributed by atoms with van der Waals surface area (Å²) >= 11 is 0. The molecule has 0 fully saturated rings. The molecular weight excluding hydrogens is 179 g/mol. The lowest BCUT2D eigenvalue weighted by atomic mass is 10.5. The molecule has 0 amide bonds. The molecule has 1 unspecified atom stereocenters. The first-order chi connectivity index (χ1) is 5.68. The molecule has 0 aliphatic heterocycles. The van der Waals surface area contributed by atoms with Gasteiger partial charge in [-0.05, 0) is 6.42 Å². The van der Waals surface area contributed by atoms with Crippen molar-refractivity contribution in [3.63, 3.8) is 0 Å². The second-order valence-corrected chi connectivity index (χ2v) is 3.72. The van der Waals surface area contributed by atoms with Crippen molar-refractivity contribution in [2.75, 3.05) is 20.3 Å². The Kier molecular flexibility index (Phi) is 6.04. The van der Waals surface area contributed by atoms with Gasteiger partial charge in [-0.1, -0.05) is 12.8 Å². The van der Waals surface area contributed by atoms with Crippen molar-refractivity contribution in [2.24, 2.45) is 0 Å². The Labute approximate surface area is 72.8 Å². The first-order valence-corrected chi connectivity index (χ1v) is 5.03. The van der Waals surface area contributed by atoms with E-state index in [4.69, 9.17) is 15.5 Å². The zero-order chi connectivity index (χ0) is 9.45. The third kappa shape index (κ3) is 4.53. The Balaban J connectivity index is 3.89. The summed E-state index contributed by atoms with van der Waals surface area (Å²) in [6, 6.07) is 0. The molecular formula is C7H13O4P. The van der Waals surface area contributed by atoms with Gasteiger partial charge >= 0.3 is 7.82 Å². The van der Waals surface area contributed by atoms with Crippen molar-refractivity contribution in [1.82, 2.24) is 0 Å². The van der Waals surface area contributed by atoms with E-state index < -0.39 is 7.82 Å². The second kappa shape index (κ2) is 6.22. The molecule has 0 saturated heterocycles. The average Bonchev–Trinajstić information content (AvgIpc) is 2.11. The summed E-state index contributed by atoms with van der Waals surface area (Å²) < 4.78 is 25.4. The lowest BCUT2D eigenvalue weighted by Crippen LogP contribution is -1.98. The molecule has 0 aromatic heterocycles. The van der Waals surface area contributed by atoms with E-state index in [2.05, 4.69) is 10.4 Å². The van der Waals surface area contributed by atoms with E-state index in [9.17, 15) is 4.57 Å². The van der Waals surface area contributed by atoms with Crippen LogP contribution in [0.1, 0.15) is 13.3 Å². The van der Waals surface area contributed by atoms with Gasteiger partial charge in [-0.2, -0.15) is 0 Å². The summed E-state index contributed by atoms with van der Waals surface area (Å²) in [5.74, 6) is 2.18. The number of phosphoric acid groups is 1. The van der Waals surface area contributed by atoms with E-state index in [-0.39, 0.29) is 6.61 Å². The van der Waals surface area contributed by atoms with Crippen LogP contribution in [0.15, 0.2) is 0 Å². The topological polar surface area (TPSA) is 44.8 Å². The molecule has 0 aromatic rings. The van der Waals surface area contributed by atoms with E-state index in [0.717, 1.165) is 6.42 Å². The van der Waals surface area contributed by atoms with Crippen LogP contribution in [0, 0.1) is 12.3 Å². The summed E-state index contributed by atoms with van der Waals surface area (Å²) in [6.45, 7) is 2.14. The van der Waals surface area contributed by atoms with Crippen LogP contribution in [-0.4, -0.2) is 20.3 Å². The smallest absolute Gasteiger partial charge is 0.290 e. The molecule has 4 nitrogen and oxygen atoms in total. The summed E-state index contributed by atoms with van der Waals surface area (Å²) in [7, 11) is -2.12. The van der Waals surface area contributed by atoms with Crippen LogP contribution in [0.25, 0.3) is 0 Å². The molecule has 0 aliphatic carbocycles. The lowest BCUT2D eigenvalue weighted by molar-refractivity contribution is 0.143. The highest BCUT2D eigenvalue weighted by Gasteiger charge is 2.23. The fourth-order valence-corrected chi connectivity index (χ4v) is 1.39. The number of phosphoric ester groups is 1. The Morgan fingerprint density at radius 1 is 1.50 bits per heavy atom. The number of hydrogen-bond donors (Lipinski definition) is 0. The molecule has 0 saturated carbocycles. The Morgan fingerprint density at radius 2 is 2.17 bits per heavy atom. The lowest BCUT2D eigenvalue weighted by Gasteiger charge is -2.13. The molecule has 1 atom stereocenters. The largest absolute Gasteiger partial charge is 0.475 e. The Bertz CT molecular complexity index is 196. The summed E-state index contributed by atoms with van der Waals surface area (Å²) in [4.78, 5) is 0. The first-order valence-electron chi connectivity index (χ1n) is 3.57. The molecule has 0 aliphatic rings. The zero-order valence-corrected chi connectivity index (χ0v) is 8.17. The predicted molar refractivity (Wildman–Crippen MR) is 45.6 cm³/mol. The van der Waals surface area contributed by atoms with Gasteiger partial charge in [0.2, 0.25) is 0 Å². The third-order valence-electron chi connectivity index (χ3n) is 0.983. The Hall–Kier alpha value is -0.330. The minimum atomic E-state index is -3.38. The van der Waals surface area contributed by atoms with Crippen LogP contribution in [0.4, 0.5) is 0 Å². The van der Waals surface area contributed by atoms with Gasteiger partial charge < -0.3 is 0 Å². The van der Waals surface area contributed by atoms with Crippen molar-refractivity contribution in [2.45, 2.75) is 13.3 Å². The molecule has 0 heterocycles. The van der Waals surface area contributed by atoms with Crippen LogP contribution < -0.4 is 0 Å². The van der Waals surface area contributed by atoms with Gasteiger partial charge in [0.15, 0.2) is 0 Å². The van der Waals surface area contributed by atoms with Crippen molar-refractivity contribution >= 4 is 7.82 Å². The van der Waals surface area contributed by atoms with Crippen molar-refractivity contribution in [3.05, 3.63) is 0 Å². The molecule has 5 heteroatoms. The van der Waals surface area contributed by atoms with Gasteiger partial charge in [0.25, 0.3) is 0 Å². The van der Waals surface area contributed by atoms with Crippen LogP contribution in [0.5, 0.6) is 0 Å². The van der Waals surface area contributed by atoms with Crippen LogP contribution >= 0.6 is 7.82 Å². The maximum absolute atomic E-state index is 11.3. The maximum atomic E-state index is 11.3. The van der Waals surface area contributed by atoms with Gasteiger partial charge in [0.05, 0.1) is 6.61 Å². The van der Waals surface area contributed by atoms with Gasteiger partial charge in [-0.15, -0.1) is 6.42 Å².